The molecule has 38 heavy (non-hydrogen) atoms. The lowest BCUT2D eigenvalue weighted by molar-refractivity contribution is -0.137. The minimum Gasteiger partial charge on any atom is -0.478 e. The Morgan fingerprint density at radius 2 is 1.45 bits per heavy atom. The molecule has 4 aromatic carbocycles. The zero-order chi connectivity index (χ0) is 27.0. The highest BCUT2D eigenvalue weighted by molar-refractivity contribution is 6.39. The fraction of sp³-hybridized carbons (Fsp3) is 0.0667. The third-order valence-corrected chi connectivity index (χ3v) is 6.57. The summed E-state index contributed by atoms with van der Waals surface area (Å²) in [6.45, 7) is 0.112. The number of anilines is 1. The normalized spacial score (nSPS) is 14.4. The van der Waals surface area contributed by atoms with Crippen LogP contribution in [0.15, 0.2) is 97.1 Å². The highest BCUT2D eigenvalue weighted by Crippen LogP contribution is 2.44. The van der Waals surface area contributed by atoms with E-state index in [9.17, 15) is 27.9 Å². The van der Waals surface area contributed by atoms with Crippen LogP contribution >= 0.6 is 11.6 Å². The molecule has 0 aromatic heterocycles. The Hall–Kier alpha value is -4.36. The van der Waals surface area contributed by atoms with Gasteiger partial charge in [-0.15, -0.1) is 0 Å². The van der Waals surface area contributed by atoms with Gasteiger partial charge in [0.1, 0.15) is 0 Å². The smallest absolute Gasteiger partial charge is 0.416 e. The van der Waals surface area contributed by atoms with E-state index in [1.807, 2.05) is 0 Å². The molecule has 0 bridgehead atoms. The van der Waals surface area contributed by atoms with Crippen LogP contribution in [0.4, 0.5) is 18.9 Å². The third kappa shape index (κ3) is 4.80. The van der Waals surface area contributed by atoms with Gasteiger partial charge in [0.2, 0.25) is 0 Å². The second-order valence-corrected chi connectivity index (χ2v) is 9.18. The average Bonchev–Trinajstić information content (AvgIpc) is 3.16. The molecule has 0 atom stereocenters. The minimum absolute atomic E-state index is 0.102. The van der Waals surface area contributed by atoms with E-state index in [2.05, 4.69) is 0 Å². The molecular formula is C30H19ClF3NO3. The maximum atomic E-state index is 14.0. The number of aromatic carboxylic acids is 1. The third-order valence-electron chi connectivity index (χ3n) is 6.32. The van der Waals surface area contributed by atoms with Crippen molar-refractivity contribution in [3.05, 3.63) is 135 Å². The van der Waals surface area contributed by atoms with Gasteiger partial charge in [0.25, 0.3) is 5.91 Å². The van der Waals surface area contributed by atoms with E-state index in [1.165, 1.54) is 24.3 Å². The van der Waals surface area contributed by atoms with Gasteiger partial charge >= 0.3 is 12.1 Å². The molecule has 1 aliphatic rings. The maximum Gasteiger partial charge on any atom is 0.416 e. The second kappa shape index (κ2) is 9.84. The molecule has 0 fully saturated rings. The fourth-order valence-electron chi connectivity index (χ4n) is 4.56. The molecule has 0 saturated carbocycles. The Balaban J connectivity index is 1.69. The van der Waals surface area contributed by atoms with Gasteiger partial charge in [0.05, 0.1) is 28.9 Å². The van der Waals surface area contributed by atoms with Crippen LogP contribution in [0, 0.1) is 0 Å². The number of amides is 1. The molecular weight excluding hydrogens is 515 g/mol. The summed E-state index contributed by atoms with van der Waals surface area (Å²) < 4.78 is 39.8. The van der Waals surface area contributed by atoms with Crippen molar-refractivity contribution in [2.45, 2.75) is 12.7 Å². The molecule has 5 rings (SSSR count). The first-order valence-electron chi connectivity index (χ1n) is 11.5. The summed E-state index contributed by atoms with van der Waals surface area (Å²) in [5.74, 6) is -1.43. The van der Waals surface area contributed by atoms with Crippen LogP contribution in [0.25, 0.3) is 11.1 Å². The molecule has 0 spiro atoms. The van der Waals surface area contributed by atoms with Crippen LogP contribution in [0.5, 0.6) is 0 Å². The number of nitrogens with zero attached hydrogens (tertiary/aromatic N) is 1. The van der Waals surface area contributed by atoms with Gasteiger partial charge in [-0.25, -0.2) is 4.79 Å². The van der Waals surface area contributed by atoms with Crippen LogP contribution in [0.2, 0.25) is 5.02 Å². The first kappa shape index (κ1) is 25.3. The lowest BCUT2D eigenvalue weighted by atomic mass is 9.89. The first-order chi connectivity index (χ1) is 18.1. The number of fused-ring (bicyclic) bond motifs is 1. The van der Waals surface area contributed by atoms with Gasteiger partial charge < -0.3 is 10.0 Å². The number of carbonyl (C=O) groups excluding carboxylic acids is 1. The molecule has 1 heterocycles. The molecule has 4 nitrogen and oxygen atoms in total. The number of alkyl halides is 3. The van der Waals surface area contributed by atoms with Gasteiger partial charge in [-0.2, -0.15) is 13.2 Å². The Morgan fingerprint density at radius 3 is 2.08 bits per heavy atom. The molecule has 190 valence electrons. The monoisotopic (exact) mass is 533 g/mol. The van der Waals surface area contributed by atoms with Gasteiger partial charge in [0, 0.05) is 16.2 Å². The zero-order valence-electron chi connectivity index (χ0n) is 19.7. The molecule has 1 N–H and O–H groups in total. The summed E-state index contributed by atoms with van der Waals surface area (Å²) in [7, 11) is 0. The fourth-order valence-corrected chi connectivity index (χ4v) is 4.69. The summed E-state index contributed by atoms with van der Waals surface area (Å²) in [4.78, 5) is 27.0. The summed E-state index contributed by atoms with van der Waals surface area (Å²) in [5, 5.41) is 9.84. The van der Waals surface area contributed by atoms with Crippen molar-refractivity contribution in [3.63, 3.8) is 0 Å². The van der Waals surface area contributed by atoms with E-state index in [-0.39, 0.29) is 18.0 Å². The molecule has 1 aliphatic heterocycles. The number of benzene rings is 4. The number of rotatable bonds is 5. The standard InChI is InChI=1S/C30H19ClF3NO3/c31-23-14-10-20(11-15-23)26(19-8-12-22(13-9-19)30(32,33)34)27-24-6-1-2-7-25(24)35(28(27)36)17-18-4-3-5-21(16-18)29(37)38/h1-16H,17H2,(H,37,38)/b27-26-. The van der Waals surface area contributed by atoms with E-state index >= 15 is 0 Å². The Labute approximate surface area is 221 Å². The summed E-state index contributed by atoms with van der Waals surface area (Å²) in [5.41, 5.74) is 3.02. The average molecular weight is 534 g/mol. The Kier molecular flexibility index (Phi) is 6.55. The number of hydrogen-bond donors (Lipinski definition) is 1. The SMILES string of the molecule is O=C(O)c1cccc(CN2C(=O)/C(=C(\c3ccc(Cl)cc3)c3ccc(C(F)(F)F)cc3)c3ccccc32)c1. The topological polar surface area (TPSA) is 57.6 Å². The molecule has 8 heteroatoms. The minimum atomic E-state index is -4.50. The number of carboxylic acid groups (broad SMARTS) is 1. The highest BCUT2D eigenvalue weighted by Gasteiger charge is 2.36. The van der Waals surface area contributed by atoms with Gasteiger partial charge in [-0.1, -0.05) is 66.2 Å². The number of carboxylic acids is 1. The Morgan fingerprint density at radius 1 is 0.816 bits per heavy atom. The predicted octanol–water partition coefficient (Wildman–Crippen LogP) is 7.56. The lowest BCUT2D eigenvalue weighted by Crippen LogP contribution is -2.26. The molecule has 4 aromatic rings. The molecule has 1 amide bonds. The number of para-hydroxylation sites is 1. The number of halogens is 4. The lowest BCUT2D eigenvalue weighted by Gasteiger charge is -2.18. The molecule has 0 radical (unpaired) electrons. The summed E-state index contributed by atoms with van der Waals surface area (Å²) in [6.07, 6.45) is -4.50. The van der Waals surface area contributed by atoms with Gasteiger partial charge in [-0.05, 0) is 59.2 Å². The van der Waals surface area contributed by atoms with E-state index in [0.717, 1.165) is 12.1 Å². The van der Waals surface area contributed by atoms with Crippen molar-refractivity contribution in [1.29, 1.82) is 0 Å². The van der Waals surface area contributed by atoms with Crippen LogP contribution < -0.4 is 4.90 Å². The maximum absolute atomic E-state index is 14.0. The summed E-state index contributed by atoms with van der Waals surface area (Å²) in [6, 6.07) is 24.9. The Bertz CT molecular complexity index is 1580. The molecule has 0 aliphatic carbocycles. The van der Waals surface area contributed by atoms with Crippen molar-refractivity contribution >= 4 is 40.3 Å². The largest absolute Gasteiger partial charge is 0.478 e. The van der Waals surface area contributed by atoms with E-state index in [0.29, 0.717) is 44.1 Å². The predicted molar refractivity (Wildman–Crippen MR) is 140 cm³/mol. The van der Waals surface area contributed by atoms with Crippen molar-refractivity contribution in [1.82, 2.24) is 0 Å². The number of hydrogen-bond acceptors (Lipinski definition) is 2. The highest BCUT2D eigenvalue weighted by atomic mass is 35.5. The van der Waals surface area contributed by atoms with Crippen molar-refractivity contribution in [3.8, 4) is 0 Å². The summed E-state index contributed by atoms with van der Waals surface area (Å²) >= 11 is 6.09. The van der Waals surface area contributed by atoms with Crippen LogP contribution in [-0.2, 0) is 17.5 Å². The van der Waals surface area contributed by atoms with E-state index in [1.54, 1.807) is 65.6 Å². The quantitative estimate of drug-likeness (QED) is 0.269. The van der Waals surface area contributed by atoms with Crippen molar-refractivity contribution in [2.75, 3.05) is 4.90 Å². The van der Waals surface area contributed by atoms with Crippen molar-refractivity contribution in [2.24, 2.45) is 0 Å². The van der Waals surface area contributed by atoms with Gasteiger partial charge in [-0.3, -0.25) is 4.79 Å². The molecule has 0 saturated heterocycles. The van der Waals surface area contributed by atoms with Crippen LogP contribution in [-0.4, -0.2) is 17.0 Å². The van der Waals surface area contributed by atoms with Crippen LogP contribution in [0.1, 0.15) is 38.2 Å². The van der Waals surface area contributed by atoms with Crippen molar-refractivity contribution < 1.29 is 27.9 Å². The van der Waals surface area contributed by atoms with E-state index in [4.69, 9.17) is 11.6 Å². The second-order valence-electron chi connectivity index (χ2n) is 8.75. The van der Waals surface area contributed by atoms with E-state index < -0.39 is 17.7 Å². The zero-order valence-corrected chi connectivity index (χ0v) is 20.4. The van der Waals surface area contributed by atoms with Crippen LogP contribution in [0.3, 0.4) is 0 Å². The van der Waals surface area contributed by atoms with Gasteiger partial charge in [0.15, 0.2) is 0 Å². The first-order valence-corrected chi connectivity index (χ1v) is 11.9. The number of carbonyl (C=O) groups is 2. The molecule has 0 unspecified atom stereocenters.